The minimum Gasteiger partial charge on any atom is -0.487 e. The number of likely N-dealkylation sites (tertiary alicyclic amines) is 1. The van der Waals surface area contributed by atoms with Crippen molar-refractivity contribution in [3.8, 4) is 11.8 Å². The third-order valence-corrected chi connectivity index (χ3v) is 6.03. The number of nitriles is 1. The van der Waals surface area contributed by atoms with Crippen LogP contribution in [0.15, 0.2) is 12.4 Å². The zero-order valence-electron chi connectivity index (χ0n) is 11.9. The Morgan fingerprint density at radius 1 is 1.45 bits per heavy atom. The summed E-state index contributed by atoms with van der Waals surface area (Å²) < 4.78 is 5.94. The molecule has 6 rings (SSSR count). The molecule has 0 unspecified atom stereocenters. The number of amides is 1. The average Bonchev–Trinajstić information content (AvgIpc) is 2.80. The molecule has 5 nitrogen and oxygen atoms in total. The lowest BCUT2D eigenvalue weighted by Crippen LogP contribution is -2.69. The highest BCUT2D eigenvalue weighted by Crippen LogP contribution is 2.71. The summed E-state index contributed by atoms with van der Waals surface area (Å²) in [5, 5.41) is 9.21. The first-order chi connectivity index (χ1) is 10.5. The lowest BCUT2D eigenvalue weighted by molar-refractivity contribution is -0.171. The fourth-order valence-corrected chi connectivity index (χ4v) is 5.45. The van der Waals surface area contributed by atoms with Gasteiger partial charge in [0.05, 0.1) is 18.0 Å². The van der Waals surface area contributed by atoms with Gasteiger partial charge in [-0.1, -0.05) is 0 Å². The third-order valence-electron chi connectivity index (χ3n) is 5.63. The predicted molar refractivity (Wildman–Crippen MR) is 77.3 cm³/mol. The Morgan fingerprint density at radius 3 is 2.91 bits per heavy atom. The molecule has 2 aliphatic heterocycles. The smallest absolute Gasteiger partial charge is 0.229 e. The number of hydrogen-bond acceptors (Lipinski definition) is 4. The summed E-state index contributed by atoms with van der Waals surface area (Å²) in [5.74, 6) is 0.821. The fraction of sp³-hybridized carbons (Fsp3) is 0.562. The molecule has 3 heterocycles. The molecule has 1 saturated heterocycles. The molecule has 112 valence electrons. The van der Waals surface area contributed by atoms with Gasteiger partial charge in [-0.2, -0.15) is 5.26 Å². The lowest BCUT2D eigenvalue weighted by atomic mass is 9.43. The van der Waals surface area contributed by atoms with E-state index in [1.807, 2.05) is 4.90 Å². The quantitative estimate of drug-likeness (QED) is 0.745. The first kappa shape index (κ1) is 12.7. The molecule has 22 heavy (non-hydrogen) atoms. The Morgan fingerprint density at radius 2 is 2.23 bits per heavy atom. The van der Waals surface area contributed by atoms with Crippen LogP contribution in [0.4, 0.5) is 0 Å². The number of aromatic nitrogens is 1. The van der Waals surface area contributed by atoms with Gasteiger partial charge in [0.2, 0.25) is 5.91 Å². The van der Waals surface area contributed by atoms with Gasteiger partial charge in [0.15, 0.2) is 0 Å². The van der Waals surface area contributed by atoms with Crippen LogP contribution in [0.3, 0.4) is 0 Å². The molecule has 1 aromatic heterocycles. The van der Waals surface area contributed by atoms with Crippen LogP contribution in [0, 0.1) is 16.7 Å². The van der Waals surface area contributed by atoms with Gasteiger partial charge in [-0.15, -0.1) is 11.6 Å². The van der Waals surface area contributed by atoms with Crippen molar-refractivity contribution in [1.29, 1.82) is 5.26 Å². The Kier molecular flexibility index (Phi) is 2.17. The normalized spacial score (nSPS) is 39.9. The van der Waals surface area contributed by atoms with Crippen LogP contribution >= 0.6 is 11.6 Å². The summed E-state index contributed by atoms with van der Waals surface area (Å²) in [4.78, 5) is 18.9. The summed E-state index contributed by atoms with van der Waals surface area (Å²) in [6.07, 6.45) is 6.43. The Bertz CT molecular complexity index is 736. The van der Waals surface area contributed by atoms with E-state index in [9.17, 15) is 10.1 Å². The highest BCUT2D eigenvalue weighted by molar-refractivity contribution is 6.27. The monoisotopic (exact) mass is 315 g/mol. The zero-order chi connectivity index (χ0) is 15.1. The number of pyridine rings is 1. The molecule has 5 aliphatic rings. The van der Waals surface area contributed by atoms with E-state index in [0.29, 0.717) is 17.9 Å². The Balaban J connectivity index is 1.50. The first-order valence-corrected chi connectivity index (χ1v) is 7.96. The minimum atomic E-state index is -0.223. The van der Waals surface area contributed by atoms with Crippen LogP contribution in [0.5, 0.6) is 5.75 Å². The second-order valence-corrected chi connectivity index (χ2v) is 7.93. The highest BCUT2D eigenvalue weighted by atomic mass is 35.5. The van der Waals surface area contributed by atoms with Crippen molar-refractivity contribution in [3.63, 3.8) is 0 Å². The highest BCUT2D eigenvalue weighted by Gasteiger charge is 2.72. The van der Waals surface area contributed by atoms with Crippen LogP contribution in [-0.4, -0.2) is 33.3 Å². The van der Waals surface area contributed by atoms with Crippen molar-refractivity contribution in [1.82, 2.24) is 9.88 Å². The molecule has 6 heteroatoms. The molecule has 0 aromatic carbocycles. The molecule has 1 amide bonds. The summed E-state index contributed by atoms with van der Waals surface area (Å²) >= 11 is 6.30. The topological polar surface area (TPSA) is 66.2 Å². The van der Waals surface area contributed by atoms with E-state index in [1.54, 1.807) is 6.20 Å². The van der Waals surface area contributed by atoms with Crippen LogP contribution in [0.1, 0.15) is 42.9 Å². The Labute approximate surface area is 132 Å². The van der Waals surface area contributed by atoms with Crippen molar-refractivity contribution < 1.29 is 9.53 Å². The Hall–Kier alpha value is -1.80. The number of halogens is 1. The number of carbonyl (C=O) groups excluding carboxylic acids is 1. The van der Waals surface area contributed by atoms with E-state index in [0.717, 1.165) is 31.2 Å². The van der Waals surface area contributed by atoms with Crippen LogP contribution < -0.4 is 4.74 Å². The van der Waals surface area contributed by atoms with Crippen LogP contribution in [0.25, 0.3) is 0 Å². The fourth-order valence-electron chi connectivity index (χ4n) is 4.68. The van der Waals surface area contributed by atoms with Crippen molar-refractivity contribution in [2.24, 2.45) is 5.41 Å². The van der Waals surface area contributed by atoms with E-state index in [1.165, 1.54) is 6.20 Å². The largest absolute Gasteiger partial charge is 0.487 e. The number of rotatable bonds is 1. The maximum Gasteiger partial charge on any atom is 0.229 e. The number of alkyl halides is 1. The third kappa shape index (κ3) is 1.39. The van der Waals surface area contributed by atoms with Gasteiger partial charge in [-0.3, -0.25) is 9.78 Å². The molecule has 3 aliphatic carbocycles. The molecule has 0 N–H and O–H groups in total. The van der Waals surface area contributed by atoms with Gasteiger partial charge >= 0.3 is 0 Å². The summed E-state index contributed by atoms with van der Waals surface area (Å²) in [6, 6.07) is 2.11. The second kappa shape index (κ2) is 3.75. The molecule has 2 atom stereocenters. The van der Waals surface area contributed by atoms with E-state index < -0.39 is 0 Å². The number of hydrogen-bond donors (Lipinski definition) is 0. The molecule has 0 radical (unpaired) electrons. The van der Waals surface area contributed by atoms with E-state index in [-0.39, 0.29) is 28.3 Å². The molecule has 0 spiro atoms. The van der Waals surface area contributed by atoms with E-state index >= 15 is 0 Å². The van der Waals surface area contributed by atoms with Crippen molar-refractivity contribution in [2.75, 3.05) is 6.54 Å². The second-order valence-electron chi connectivity index (χ2n) is 7.13. The molecule has 1 aromatic rings. The van der Waals surface area contributed by atoms with Gasteiger partial charge in [-0.05, 0) is 19.3 Å². The average molecular weight is 316 g/mol. The minimum absolute atomic E-state index is 0.0117. The maximum absolute atomic E-state index is 13.0. The summed E-state index contributed by atoms with van der Waals surface area (Å²) in [5.41, 5.74) is 1.10. The standard InChI is InChI=1S/C16H14ClN3O2/c17-16-6-15(7-16,8-16)14(21)20-5-10-1-12(20)11-4-19-3-9(2-18)13(11)22-10/h3-4,10,12H,1,5-8H2/t10-,12-,15?,16?/m0/s1. The molecule has 3 saturated carbocycles. The lowest BCUT2D eigenvalue weighted by Gasteiger charge is -2.66. The summed E-state index contributed by atoms with van der Waals surface area (Å²) in [6.45, 7) is 0.597. The van der Waals surface area contributed by atoms with Gasteiger partial charge in [0.25, 0.3) is 0 Å². The van der Waals surface area contributed by atoms with Crippen molar-refractivity contribution >= 4 is 17.5 Å². The number of ether oxygens (including phenoxy) is 1. The predicted octanol–water partition coefficient (Wildman–Crippen LogP) is 2.15. The number of nitrogens with zero attached hydrogens (tertiary/aromatic N) is 3. The first-order valence-electron chi connectivity index (χ1n) is 7.58. The molecular formula is C16H14ClN3O2. The molecular weight excluding hydrogens is 302 g/mol. The van der Waals surface area contributed by atoms with E-state index in [2.05, 4.69) is 11.1 Å². The summed E-state index contributed by atoms with van der Waals surface area (Å²) in [7, 11) is 0. The van der Waals surface area contributed by atoms with E-state index in [4.69, 9.17) is 16.3 Å². The molecule has 4 fully saturated rings. The zero-order valence-corrected chi connectivity index (χ0v) is 12.6. The van der Waals surface area contributed by atoms with Crippen LogP contribution in [-0.2, 0) is 4.79 Å². The van der Waals surface area contributed by atoms with Gasteiger partial charge in [0, 0.05) is 29.3 Å². The van der Waals surface area contributed by atoms with Gasteiger partial charge in [0.1, 0.15) is 23.5 Å². The number of fused-ring (bicyclic) bond motifs is 4. The number of carbonyl (C=O) groups is 1. The van der Waals surface area contributed by atoms with Crippen molar-refractivity contribution in [3.05, 3.63) is 23.5 Å². The molecule has 4 bridgehead atoms. The van der Waals surface area contributed by atoms with Gasteiger partial charge < -0.3 is 9.64 Å². The van der Waals surface area contributed by atoms with Crippen molar-refractivity contribution in [2.45, 2.75) is 42.7 Å². The maximum atomic E-state index is 13.0. The SMILES string of the molecule is N#Cc1cncc2c1O[C@H]1C[C@@H]2N(C(=O)C23CC(Cl)(C2)C3)C1. The van der Waals surface area contributed by atoms with Crippen LogP contribution in [0.2, 0.25) is 0 Å². The van der Waals surface area contributed by atoms with Gasteiger partial charge in [-0.25, -0.2) is 0 Å².